The average molecular weight is 152 g/mol. The third-order valence-corrected chi connectivity index (χ3v) is 1.30. The smallest absolute Gasteiger partial charge is 0.0617 e. The number of hydrogen-bond acceptors (Lipinski definition) is 2. The van der Waals surface area contributed by atoms with Crippen LogP contribution in [0.15, 0.2) is 0 Å². The Morgan fingerprint density at radius 3 is 1.89 bits per heavy atom. The van der Waals surface area contributed by atoms with Crippen molar-refractivity contribution in [2.75, 3.05) is 13.2 Å². The van der Waals surface area contributed by atoms with E-state index >= 15 is 0 Å². The van der Waals surface area contributed by atoms with Crippen molar-refractivity contribution in [2.24, 2.45) is 0 Å². The molecular formula is C6H14ClNO. The summed E-state index contributed by atoms with van der Waals surface area (Å²) in [5, 5.41) is 3.35. The molecule has 3 heteroatoms. The molecule has 0 saturated carbocycles. The number of halogens is 1. The van der Waals surface area contributed by atoms with Crippen LogP contribution >= 0.6 is 12.4 Å². The summed E-state index contributed by atoms with van der Waals surface area (Å²) in [7, 11) is 0. The maximum absolute atomic E-state index is 5.23. The molecule has 9 heavy (non-hydrogen) atoms. The Balaban J connectivity index is 0.000000640. The van der Waals surface area contributed by atoms with Crippen molar-refractivity contribution >= 4 is 12.4 Å². The number of nitrogens with one attached hydrogen (secondary N) is 1. The molecule has 0 bridgehead atoms. The van der Waals surface area contributed by atoms with Crippen LogP contribution in [0.2, 0.25) is 0 Å². The van der Waals surface area contributed by atoms with Gasteiger partial charge in [0.2, 0.25) is 0 Å². The van der Waals surface area contributed by atoms with Crippen molar-refractivity contribution in [3.05, 3.63) is 0 Å². The molecule has 0 amide bonds. The minimum absolute atomic E-state index is 0. The van der Waals surface area contributed by atoms with E-state index in [4.69, 9.17) is 4.74 Å². The van der Waals surface area contributed by atoms with Gasteiger partial charge in [0.25, 0.3) is 0 Å². The van der Waals surface area contributed by atoms with Crippen molar-refractivity contribution < 1.29 is 4.74 Å². The lowest BCUT2D eigenvalue weighted by Crippen LogP contribution is -2.45. The topological polar surface area (TPSA) is 21.3 Å². The first-order valence-electron chi connectivity index (χ1n) is 3.13. The van der Waals surface area contributed by atoms with E-state index in [0.29, 0.717) is 12.1 Å². The lowest BCUT2D eigenvalue weighted by Gasteiger charge is -2.25. The van der Waals surface area contributed by atoms with E-state index in [1.165, 1.54) is 0 Å². The van der Waals surface area contributed by atoms with Gasteiger partial charge in [-0.3, -0.25) is 0 Å². The van der Waals surface area contributed by atoms with E-state index in [9.17, 15) is 0 Å². The Hall–Kier alpha value is 0.210. The highest BCUT2D eigenvalue weighted by Crippen LogP contribution is 1.96. The van der Waals surface area contributed by atoms with E-state index in [0.717, 1.165) is 13.2 Å². The highest BCUT2D eigenvalue weighted by Gasteiger charge is 2.12. The Labute approximate surface area is 62.4 Å². The van der Waals surface area contributed by atoms with E-state index in [1.807, 2.05) is 0 Å². The maximum Gasteiger partial charge on any atom is 0.0617 e. The fourth-order valence-corrected chi connectivity index (χ4v) is 1.00. The van der Waals surface area contributed by atoms with Crippen molar-refractivity contribution in [3.8, 4) is 0 Å². The molecule has 0 aromatic carbocycles. The van der Waals surface area contributed by atoms with Crippen LogP contribution in [0, 0.1) is 0 Å². The van der Waals surface area contributed by atoms with Crippen LogP contribution in [-0.2, 0) is 4.74 Å². The second-order valence-corrected chi connectivity index (χ2v) is 2.51. The van der Waals surface area contributed by atoms with E-state index in [-0.39, 0.29) is 12.4 Å². The molecule has 1 fully saturated rings. The minimum Gasteiger partial charge on any atom is -0.378 e. The van der Waals surface area contributed by atoms with Crippen LogP contribution in [0.4, 0.5) is 0 Å². The van der Waals surface area contributed by atoms with Gasteiger partial charge in [0, 0.05) is 12.1 Å². The fraction of sp³-hybridized carbons (Fsp3) is 1.00. The van der Waals surface area contributed by atoms with Gasteiger partial charge >= 0.3 is 0 Å². The predicted octanol–water partition coefficient (Wildman–Crippen LogP) is 0.805. The summed E-state index contributed by atoms with van der Waals surface area (Å²) in [5.41, 5.74) is 0. The largest absolute Gasteiger partial charge is 0.378 e. The fourth-order valence-electron chi connectivity index (χ4n) is 1.00. The minimum atomic E-state index is 0. The second kappa shape index (κ2) is 4.09. The second-order valence-electron chi connectivity index (χ2n) is 2.51. The summed E-state index contributed by atoms with van der Waals surface area (Å²) < 4.78 is 5.23. The van der Waals surface area contributed by atoms with Gasteiger partial charge in [-0.05, 0) is 13.8 Å². The molecule has 1 heterocycles. The van der Waals surface area contributed by atoms with E-state index in [1.54, 1.807) is 0 Å². The summed E-state index contributed by atoms with van der Waals surface area (Å²) in [6, 6.07) is 1.08. The van der Waals surface area contributed by atoms with Gasteiger partial charge in [0.1, 0.15) is 0 Å². The van der Waals surface area contributed by atoms with Gasteiger partial charge in [-0.2, -0.15) is 0 Å². The van der Waals surface area contributed by atoms with Gasteiger partial charge in [-0.15, -0.1) is 12.4 Å². The first kappa shape index (κ1) is 9.21. The molecule has 1 rings (SSSR count). The molecule has 0 aliphatic carbocycles. The molecule has 1 saturated heterocycles. The molecular weight excluding hydrogens is 138 g/mol. The standard InChI is InChI=1S/C6H13NO.ClH/c1-5-3-8-4-6(2)7-5;/h5-7H,3-4H2,1-2H3;1H/t5-,6?;/m0./s1. The normalized spacial score (nSPS) is 35.3. The van der Waals surface area contributed by atoms with Gasteiger partial charge in [-0.1, -0.05) is 0 Å². The Bertz CT molecular complexity index is 71.5. The molecule has 0 aromatic heterocycles. The summed E-state index contributed by atoms with van der Waals surface area (Å²) in [4.78, 5) is 0. The Morgan fingerprint density at radius 2 is 1.67 bits per heavy atom. The summed E-state index contributed by atoms with van der Waals surface area (Å²) in [5.74, 6) is 0. The molecule has 1 N–H and O–H groups in total. The predicted molar refractivity (Wildman–Crippen MR) is 40.1 cm³/mol. The van der Waals surface area contributed by atoms with Crippen LogP contribution in [0.3, 0.4) is 0 Å². The summed E-state index contributed by atoms with van der Waals surface area (Å²) in [6.07, 6.45) is 0. The third-order valence-electron chi connectivity index (χ3n) is 1.30. The first-order chi connectivity index (χ1) is 3.79. The molecule has 0 spiro atoms. The highest BCUT2D eigenvalue weighted by atomic mass is 35.5. The lowest BCUT2D eigenvalue weighted by atomic mass is 10.2. The van der Waals surface area contributed by atoms with Crippen molar-refractivity contribution in [1.82, 2.24) is 5.32 Å². The number of ether oxygens (including phenoxy) is 1. The third kappa shape index (κ3) is 3.04. The molecule has 56 valence electrons. The van der Waals surface area contributed by atoms with Crippen molar-refractivity contribution in [1.29, 1.82) is 0 Å². The molecule has 1 unspecified atom stereocenters. The summed E-state index contributed by atoms with van der Waals surface area (Å²) >= 11 is 0. The lowest BCUT2D eigenvalue weighted by molar-refractivity contribution is 0.0560. The molecule has 2 atom stereocenters. The molecule has 1 aliphatic heterocycles. The van der Waals surface area contributed by atoms with Crippen LogP contribution in [0.1, 0.15) is 13.8 Å². The number of morpholine rings is 1. The molecule has 0 radical (unpaired) electrons. The van der Waals surface area contributed by atoms with E-state index in [2.05, 4.69) is 19.2 Å². The zero-order valence-electron chi connectivity index (χ0n) is 5.89. The summed E-state index contributed by atoms with van der Waals surface area (Å²) in [6.45, 7) is 6.00. The number of rotatable bonds is 0. The highest BCUT2D eigenvalue weighted by molar-refractivity contribution is 5.85. The van der Waals surface area contributed by atoms with Gasteiger partial charge in [-0.25, -0.2) is 0 Å². The average Bonchev–Trinajstić information content (AvgIpc) is 1.64. The Kier molecular flexibility index (Phi) is 4.19. The quantitative estimate of drug-likeness (QED) is 0.553. The zero-order chi connectivity index (χ0) is 5.98. The molecule has 2 nitrogen and oxygen atoms in total. The zero-order valence-corrected chi connectivity index (χ0v) is 6.70. The monoisotopic (exact) mass is 151 g/mol. The van der Waals surface area contributed by atoms with Crippen molar-refractivity contribution in [2.45, 2.75) is 25.9 Å². The van der Waals surface area contributed by atoms with E-state index < -0.39 is 0 Å². The van der Waals surface area contributed by atoms with Gasteiger partial charge < -0.3 is 10.1 Å². The maximum atomic E-state index is 5.23. The van der Waals surface area contributed by atoms with Crippen LogP contribution in [0.5, 0.6) is 0 Å². The van der Waals surface area contributed by atoms with Gasteiger partial charge in [0.05, 0.1) is 13.2 Å². The first-order valence-corrected chi connectivity index (χ1v) is 3.13. The van der Waals surface area contributed by atoms with Gasteiger partial charge in [0.15, 0.2) is 0 Å². The molecule has 0 aromatic rings. The number of hydrogen-bond donors (Lipinski definition) is 1. The molecule has 1 aliphatic rings. The van der Waals surface area contributed by atoms with Crippen molar-refractivity contribution in [3.63, 3.8) is 0 Å². The van der Waals surface area contributed by atoms with Crippen LogP contribution in [-0.4, -0.2) is 25.3 Å². The Morgan fingerprint density at radius 1 is 1.22 bits per heavy atom. The SMILES string of the molecule is CC1COC[C@H](C)N1.Cl. The van der Waals surface area contributed by atoms with Crippen LogP contribution < -0.4 is 5.32 Å². The van der Waals surface area contributed by atoms with Crippen LogP contribution in [0.25, 0.3) is 0 Å².